The Morgan fingerprint density at radius 1 is 0.386 bits per heavy atom. The van der Waals surface area contributed by atoms with Gasteiger partial charge in [-0.25, -0.2) is 0 Å². The van der Waals surface area contributed by atoms with Gasteiger partial charge in [-0.15, -0.1) is 0 Å². The average molecular weight is 567 g/mol. The van der Waals surface area contributed by atoms with E-state index in [0.29, 0.717) is 0 Å². The molecule has 0 N–H and O–H groups in total. The van der Waals surface area contributed by atoms with E-state index in [1.165, 1.54) is 45.0 Å². The van der Waals surface area contributed by atoms with Gasteiger partial charge >= 0.3 is 0 Å². The average Bonchev–Trinajstić information content (AvgIpc) is 3.36. The van der Waals surface area contributed by atoms with Crippen LogP contribution in [0.15, 0.2) is 134 Å². The minimum Gasteiger partial charge on any atom is -0.308 e. The maximum absolute atomic E-state index is 5.07. The molecule has 5 aromatic carbocycles. The Labute approximate surface area is 256 Å². The third-order valence-electron chi connectivity index (χ3n) is 9.25. The van der Waals surface area contributed by atoms with E-state index >= 15 is 0 Å². The van der Waals surface area contributed by atoms with Gasteiger partial charge < -0.3 is 9.80 Å². The van der Waals surface area contributed by atoms with E-state index in [4.69, 9.17) is 9.97 Å². The van der Waals surface area contributed by atoms with Gasteiger partial charge in [-0.3, -0.25) is 9.97 Å². The largest absolute Gasteiger partial charge is 0.308 e. The summed E-state index contributed by atoms with van der Waals surface area (Å²) in [7, 11) is 0. The van der Waals surface area contributed by atoms with E-state index in [1.54, 1.807) is 0 Å². The van der Waals surface area contributed by atoms with Gasteiger partial charge in [0.1, 0.15) is 0 Å². The number of para-hydroxylation sites is 4. The molecule has 44 heavy (non-hydrogen) atoms. The lowest BCUT2D eigenvalue weighted by molar-refractivity contribution is 0.977. The number of nitrogens with zero attached hydrogens (tertiary/aromatic N) is 4. The van der Waals surface area contributed by atoms with Crippen LogP contribution < -0.4 is 9.80 Å². The molecule has 2 aliphatic heterocycles. The van der Waals surface area contributed by atoms with Crippen molar-refractivity contribution in [2.45, 2.75) is 25.7 Å². The van der Waals surface area contributed by atoms with Crippen LogP contribution in [0.3, 0.4) is 0 Å². The van der Waals surface area contributed by atoms with Gasteiger partial charge in [0.25, 0.3) is 0 Å². The molecule has 210 valence electrons. The van der Waals surface area contributed by atoms with Crippen LogP contribution in [0.1, 0.15) is 22.3 Å². The Balaban J connectivity index is 1.18. The van der Waals surface area contributed by atoms with E-state index in [9.17, 15) is 0 Å². The van der Waals surface area contributed by atoms with E-state index in [-0.39, 0.29) is 0 Å². The maximum atomic E-state index is 5.07. The molecule has 9 rings (SSSR count). The Bertz CT molecular complexity index is 1970. The molecule has 0 aliphatic carbocycles. The van der Waals surface area contributed by atoms with E-state index in [2.05, 4.69) is 131 Å². The van der Waals surface area contributed by atoms with Crippen LogP contribution in [-0.2, 0) is 25.7 Å². The molecule has 4 nitrogen and oxygen atoms in total. The highest BCUT2D eigenvalue weighted by Gasteiger charge is 2.24. The molecule has 0 bridgehead atoms. The summed E-state index contributed by atoms with van der Waals surface area (Å²) < 4.78 is 0. The quantitative estimate of drug-likeness (QED) is 0.195. The Morgan fingerprint density at radius 2 is 0.705 bits per heavy atom. The first-order chi connectivity index (χ1) is 21.8. The van der Waals surface area contributed by atoms with Gasteiger partial charge in [0, 0.05) is 33.5 Å². The summed E-state index contributed by atoms with van der Waals surface area (Å²) in [6.45, 7) is 0. The number of aryl methyl sites for hydroxylation is 4. The molecule has 4 heterocycles. The normalized spacial score (nSPS) is 13.9. The molecular formula is C40H30N4. The zero-order valence-electron chi connectivity index (χ0n) is 24.3. The first-order valence-electron chi connectivity index (χ1n) is 15.4. The number of hydrogen-bond donors (Lipinski definition) is 0. The lowest BCUT2D eigenvalue weighted by Crippen LogP contribution is -2.12. The van der Waals surface area contributed by atoms with Crippen LogP contribution in [0, 0.1) is 0 Å². The van der Waals surface area contributed by atoms with Crippen LogP contribution in [0.2, 0.25) is 0 Å². The minimum atomic E-state index is 0.922. The van der Waals surface area contributed by atoms with Crippen molar-refractivity contribution >= 4 is 55.9 Å². The van der Waals surface area contributed by atoms with Gasteiger partial charge in [0.2, 0.25) is 0 Å². The van der Waals surface area contributed by atoms with Crippen LogP contribution in [0.25, 0.3) is 21.8 Å². The first kappa shape index (κ1) is 25.1. The van der Waals surface area contributed by atoms with Crippen molar-refractivity contribution < 1.29 is 0 Å². The second kappa shape index (κ2) is 10.1. The molecule has 0 fully saturated rings. The molecule has 7 aromatic rings. The van der Waals surface area contributed by atoms with Crippen molar-refractivity contribution in [1.29, 1.82) is 0 Å². The summed E-state index contributed by atoms with van der Waals surface area (Å²) >= 11 is 0. The molecule has 0 saturated heterocycles. The van der Waals surface area contributed by atoms with Gasteiger partial charge in [-0.2, -0.15) is 0 Å². The van der Waals surface area contributed by atoms with Crippen molar-refractivity contribution in [2.24, 2.45) is 0 Å². The van der Waals surface area contributed by atoms with Crippen LogP contribution in [0.4, 0.5) is 34.1 Å². The molecule has 0 radical (unpaired) electrons. The predicted molar refractivity (Wildman–Crippen MR) is 181 cm³/mol. The monoisotopic (exact) mass is 566 g/mol. The summed E-state index contributed by atoms with van der Waals surface area (Å²) in [5, 5.41) is 2.17. The smallest absolute Gasteiger partial charge is 0.0966 e. The summed E-state index contributed by atoms with van der Waals surface area (Å²) in [5.74, 6) is 0. The highest BCUT2D eigenvalue weighted by atomic mass is 15.2. The number of benzene rings is 5. The number of aromatic nitrogens is 2. The van der Waals surface area contributed by atoms with Gasteiger partial charge in [-0.1, -0.05) is 84.9 Å². The molecule has 2 aromatic heterocycles. The molecular weight excluding hydrogens is 536 g/mol. The highest BCUT2D eigenvalue weighted by molar-refractivity contribution is 6.05. The molecule has 2 aliphatic rings. The lowest BCUT2D eigenvalue weighted by atomic mass is 10.0. The lowest BCUT2D eigenvalue weighted by Gasteiger charge is -2.27. The molecule has 0 spiro atoms. The fourth-order valence-electron chi connectivity index (χ4n) is 7.13. The predicted octanol–water partition coefficient (Wildman–Crippen LogP) is 9.92. The molecule has 0 atom stereocenters. The number of rotatable bonds is 2. The minimum absolute atomic E-state index is 0.922. The zero-order chi connectivity index (χ0) is 29.0. The van der Waals surface area contributed by atoms with Gasteiger partial charge in [-0.05, 0) is 84.3 Å². The van der Waals surface area contributed by atoms with Gasteiger partial charge in [0.15, 0.2) is 0 Å². The highest BCUT2D eigenvalue weighted by Crippen LogP contribution is 2.44. The third-order valence-corrected chi connectivity index (χ3v) is 9.25. The van der Waals surface area contributed by atoms with Gasteiger partial charge in [0.05, 0.1) is 34.8 Å². The summed E-state index contributed by atoms with van der Waals surface area (Å²) in [6, 6.07) is 43.9. The summed E-state index contributed by atoms with van der Waals surface area (Å²) in [5.41, 5.74) is 14.3. The first-order valence-corrected chi connectivity index (χ1v) is 15.4. The maximum Gasteiger partial charge on any atom is 0.0966 e. The van der Waals surface area contributed by atoms with Crippen LogP contribution >= 0.6 is 0 Å². The molecule has 0 unspecified atom stereocenters. The molecule has 0 saturated carbocycles. The number of fused-ring (bicyclic) bond motifs is 7. The van der Waals surface area contributed by atoms with Crippen molar-refractivity contribution in [3.8, 4) is 0 Å². The van der Waals surface area contributed by atoms with E-state index < -0.39 is 0 Å². The van der Waals surface area contributed by atoms with Crippen molar-refractivity contribution in [1.82, 2.24) is 9.97 Å². The zero-order valence-corrected chi connectivity index (χ0v) is 24.3. The topological polar surface area (TPSA) is 32.3 Å². The van der Waals surface area contributed by atoms with Crippen molar-refractivity contribution in [2.75, 3.05) is 9.80 Å². The fourth-order valence-corrected chi connectivity index (χ4v) is 7.13. The van der Waals surface area contributed by atoms with Crippen molar-refractivity contribution in [3.63, 3.8) is 0 Å². The Morgan fingerprint density at radius 3 is 1.05 bits per heavy atom. The van der Waals surface area contributed by atoms with Crippen LogP contribution in [-0.4, -0.2) is 9.97 Å². The fraction of sp³-hybridized carbons (Fsp3) is 0.100. The van der Waals surface area contributed by atoms with E-state index in [0.717, 1.165) is 58.9 Å². The second-order valence-electron chi connectivity index (χ2n) is 11.8. The summed E-state index contributed by atoms with van der Waals surface area (Å²) in [4.78, 5) is 14.9. The van der Waals surface area contributed by atoms with Crippen molar-refractivity contribution in [3.05, 3.63) is 156 Å². The van der Waals surface area contributed by atoms with Crippen LogP contribution in [0.5, 0.6) is 0 Å². The third kappa shape index (κ3) is 3.99. The standard InChI is InChI=1S/C40H30N4/c1-5-13-35-27(9-1)17-18-28-10-2-6-14-36(28)43(35)33-23-31-21-22-32-24-34(26-42-40(32)39(31)41-25-33)44-37-15-7-3-11-29(37)19-20-30-12-4-8-16-38(30)44/h1-16,21-26H,17-20H2. The number of hydrogen-bond acceptors (Lipinski definition) is 4. The number of pyridine rings is 2. The molecule has 0 amide bonds. The Hall–Kier alpha value is -5.48. The Kier molecular flexibility index (Phi) is 5.73. The summed E-state index contributed by atoms with van der Waals surface area (Å²) in [6.07, 6.45) is 8.11. The molecule has 4 heteroatoms. The number of anilines is 6. The SMILES string of the molecule is c1ccc2c(c1)CCc1ccccc1N2c1cnc2c(ccc3cc(N4c5ccccc5CCc5ccccc54)cnc32)c1. The van der Waals surface area contributed by atoms with E-state index in [1.807, 2.05) is 12.4 Å². The second-order valence-corrected chi connectivity index (χ2v) is 11.8.